The van der Waals surface area contributed by atoms with Crippen LogP contribution in [0.15, 0.2) is 29.1 Å². The van der Waals surface area contributed by atoms with Crippen LogP contribution in [0.2, 0.25) is 0 Å². The minimum absolute atomic E-state index is 0.116. The van der Waals surface area contributed by atoms with Gasteiger partial charge in [-0.2, -0.15) is 0 Å². The van der Waals surface area contributed by atoms with Gasteiger partial charge in [0, 0.05) is 29.8 Å². The topological polar surface area (TPSA) is 72.9 Å². The zero-order chi connectivity index (χ0) is 14.7. The van der Waals surface area contributed by atoms with Crippen molar-refractivity contribution < 1.29 is 13.6 Å². The van der Waals surface area contributed by atoms with Crippen LogP contribution in [0.1, 0.15) is 10.5 Å². The van der Waals surface area contributed by atoms with Crippen molar-refractivity contribution in [3.05, 3.63) is 46.5 Å². The van der Waals surface area contributed by atoms with Gasteiger partial charge in [-0.1, -0.05) is 0 Å². The van der Waals surface area contributed by atoms with E-state index in [1.165, 1.54) is 12.5 Å². The molecule has 5 nitrogen and oxygen atoms in total. The number of halogens is 3. The average molecular weight is 345 g/mol. The van der Waals surface area contributed by atoms with Crippen molar-refractivity contribution in [2.45, 2.75) is 6.54 Å². The molecule has 2 rings (SSSR count). The molecule has 0 spiro atoms. The normalized spacial score (nSPS) is 10.6. The number of anilines is 1. The fraction of sp³-hybridized carbons (Fsp3) is 0.167. The number of amides is 1. The number of imidazole rings is 1. The Morgan fingerprint density at radius 3 is 2.85 bits per heavy atom. The molecule has 0 aliphatic heterocycles. The van der Waals surface area contributed by atoms with Gasteiger partial charge in [-0.15, -0.1) is 0 Å². The molecule has 0 unspecified atom stereocenters. The number of rotatable bonds is 4. The van der Waals surface area contributed by atoms with Crippen molar-refractivity contribution in [2.24, 2.45) is 5.73 Å². The molecule has 0 radical (unpaired) electrons. The van der Waals surface area contributed by atoms with Crippen LogP contribution >= 0.6 is 15.9 Å². The van der Waals surface area contributed by atoms with Crippen LogP contribution in [-0.2, 0) is 6.54 Å². The number of benzene rings is 1. The molecule has 3 N–H and O–H groups in total. The van der Waals surface area contributed by atoms with E-state index >= 15 is 0 Å². The first-order chi connectivity index (χ1) is 9.51. The third-order valence-corrected chi connectivity index (χ3v) is 3.12. The Kier molecular flexibility index (Phi) is 4.46. The van der Waals surface area contributed by atoms with Gasteiger partial charge in [0.15, 0.2) is 5.82 Å². The van der Waals surface area contributed by atoms with E-state index in [4.69, 9.17) is 5.73 Å². The average Bonchev–Trinajstić information content (AvgIpc) is 2.82. The van der Waals surface area contributed by atoms with E-state index in [1.807, 2.05) is 0 Å². The summed E-state index contributed by atoms with van der Waals surface area (Å²) in [7, 11) is 0. The van der Waals surface area contributed by atoms with E-state index in [1.54, 1.807) is 4.57 Å². The van der Waals surface area contributed by atoms with Crippen LogP contribution in [0.25, 0.3) is 0 Å². The van der Waals surface area contributed by atoms with Gasteiger partial charge in [-0.05, 0) is 22.0 Å². The molecule has 0 atom stereocenters. The first-order valence-electron chi connectivity index (χ1n) is 5.69. The molecule has 2 aromatic rings. The number of aromatic nitrogens is 2. The van der Waals surface area contributed by atoms with Gasteiger partial charge in [0.2, 0.25) is 0 Å². The number of carbonyl (C=O) groups is 1. The lowest BCUT2D eigenvalue weighted by Gasteiger charge is -2.07. The van der Waals surface area contributed by atoms with Crippen molar-refractivity contribution in [3.63, 3.8) is 0 Å². The van der Waals surface area contributed by atoms with Crippen LogP contribution in [-0.4, -0.2) is 22.0 Å². The number of nitrogens with two attached hydrogens (primary N) is 1. The molecule has 0 saturated heterocycles. The van der Waals surface area contributed by atoms with Crippen molar-refractivity contribution >= 4 is 27.5 Å². The van der Waals surface area contributed by atoms with Crippen molar-refractivity contribution in [3.8, 4) is 0 Å². The molecule has 1 aromatic heterocycles. The molecule has 0 saturated carbocycles. The Balaban J connectivity index is 2.19. The van der Waals surface area contributed by atoms with Gasteiger partial charge in [-0.3, -0.25) is 4.79 Å². The first-order valence-corrected chi connectivity index (χ1v) is 6.48. The lowest BCUT2D eigenvalue weighted by atomic mass is 10.3. The van der Waals surface area contributed by atoms with E-state index in [-0.39, 0.29) is 15.9 Å². The van der Waals surface area contributed by atoms with Crippen LogP contribution in [0.3, 0.4) is 0 Å². The fourth-order valence-corrected chi connectivity index (χ4v) is 2.10. The van der Waals surface area contributed by atoms with E-state index < -0.39 is 17.5 Å². The van der Waals surface area contributed by atoms with Crippen LogP contribution < -0.4 is 11.1 Å². The highest BCUT2D eigenvalue weighted by molar-refractivity contribution is 9.10. The zero-order valence-corrected chi connectivity index (χ0v) is 11.8. The fourth-order valence-electron chi connectivity index (χ4n) is 1.59. The molecule has 20 heavy (non-hydrogen) atoms. The summed E-state index contributed by atoms with van der Waals surface area (Å²) < 4.78 is 28.3. The Labute approximate surface area is 121 Å². The third kappa shape index (κ3) is 3.20. The molecule has 0 aliphatic rings. The van der Waals surface area contributed by atoms with Crippen molar-refractivity contribution in [1.82, 2.24) is 9.55 Å². The van der Waals surface area contributed by atoms with Gasteiger partial charge in [0.1, 0.15) is 11.5 Å². The maximum absolute atomic E-state index is 13.6. The summed E-state index contributed by atoms with van der Waals surface area (Å²) in [5.74, 6) is -2.20. The number of carbonyl (C=O) groups excluding carboxylic acids is 1. The highest BCUT2D eigenvalue weighted by Crippen LogP contribution is 2.27. The smallest absolute Gasteiger partial charge is 0.275 e. The molecule has 0 fully saturated rings. The minimum Gasteiger partial charge on any atom is -0.335 e. The van der Waals surface area contributed by atoms with E-state index in [0.717, 1.165) is 6.07 Å². The Bertz CT molecular complexity index is 621. The third-order valence-electron chi connectivity index (χ3n) is 2.50. The highest BCUT2D eigenvalue weighted by atomic mass is 79.9. The quantitative estimate of drug-likeness (QED) is 0.892. The van der Waals surface area contributed by atoms with E-state index in [0.29, 0.717) is 19.2 Å². The van der Waals surface area contributed by atoms with Gasteiger partial charge < -0.3 is 15.6 Å². The molecular formula is C12H11BrF2N4O. The summed E-state index contributed by atoms with van der Waals surface area (Å²) in [5.41, 5.74) is 5.37. The molecule has 0 aliphatic carbocycles. The van der Waals surface area contributed by atoms with Crippen molar-refractivity contribution in [2.75, 3.05) is 11.9 Å². The SMILES string of the molecule is NCCn1cnc(C(=O)Nc2c(F)cc(F)cc2Br)c1. The second-order valence-corrected chi connectivity index (χ2v) is 4.84. The minimum atomic E-state index is -0.869. The lowest BCUT2D eigenvalue weighted by molar-refractivity contribution is 0.102. The summed E-state index contributed by atoms with van der Waals surface area (Å²) in [6.45, 7) is 0.935. The standard InChI is InChI=1S/C12H11BrF2N4O/c13-8-3-7(14)4-9(15)11(8)18-12(20)10-5-19(2-1-16)6-17-10/h3-6H,1-2,16H2,(H,18,20). The molecule has 1 heterocycles. The second-order valence-electron chi connectivity index (χ2n) is 3.98. The summed E-state index contributed by atoms with van der Waals surface area (Å²) in [4.78, 5) is 15.8. The van der Waals surface area contributed by atoms with Crippen LogP contribution in [0.5, 0.6) is 0 Å². The molecule has 8 heteroatoms. The number of hydrogen-bond acceptors (Lipinski definition) is 3. The van der Waals surface area contributed by atoms with E-state index in [9.17, 15) is 13.6 Å². The maximum atomic E-state index is 13.6. The Morgan fingerprint density at radius 1 is 1.45 bits per heavy atom. The second kappa shape index (κ2) is 6.10. The predicted octanol–water partition coefficient (Wildman–Crippen LogP) is 2.13. The largest absolute Gasteiger partial charge is 0.335 e. The van der Waals surface area contributed by atoms with Crippen molar-refractivity contribution in [1.29, 1.82) is 0 Å². The number of hydrogen-bond donors (Lipinski definition) is 2. The molecule has 1 aromatic carbocycles. The molecule has 1 amide bonds. The summed E-state index contributed by atoms with van der Waals surface area (Å²) >= 11 is 2.99. The summed E-state index contributed by atoms with van der Waals surface area (Å²) in [6.07, 6.45) is 2.95. The molecule has 0 bridgehead atoms. The Morgan fingerprint density at radius 2 is 2.20 bits per heavy atom. The Hall–Kier alpha value is -1.80. The maximum Gasteiger partial charge on any atom is 0.275 e. The van der Waals surface area contributed by atoms with Crippen LogP contribution in [0, 0.1) is 11.6 Å². The van der Waals surface area contributed by atoms with Crippen LogP contribution in [0.4, 0.5) is 14.5 Å². The lowest BCUT2D eigenvalue weighted by Crippen LogP contribution is -2.14. The van der Waals surface area contributed by atoms with E-state index in [2.05, 4.69) is 26.2 Å². The van der Waals surface area contributed by atoms with Gasteiger partial charge in [0.05, 0.1) is 12.0 Å². The summed E-state index contributed by atoms with van der Waals surface area (Å²) in [6, 6.07) is 1.75. The predicted molar refractivity (Wildman–Crippen MR) is 73.3 cm³/mol. The van der Waals surface area contributed by atoms with Gasteiger partial charge in [0.25, 0.3) is 5.91 Å². The number of nitrogens with zero attached hydrogens (tertiary/aromatic N) is 2. The number of nitrogens with one attached hydrogen (secondary N) is 1. The summed E-state index contributed by atoms with van der Waals surface area (Å²) in [5, 5.41) is 2.34. The molecular weight excluding hydrogens is 334 g/mol. The highest BCUT2D eigenvalue weighted by Gasteiger charge is 2.15. The zero-order valence-electron chi connectivity index (χ0n) is 10.2. The van der Waals surface area contributed by atoms with Gasteiger partial charge in [-0.25, -0.2) is 13.8 Å². The van der Waals surface area contributed by atoms with Gasteiger partial charge >= 0.3 is 0 Å². The monoisotopic (exact) mass is 344 g/mol. The molecule has 106 valence electrons. The first kappa shape index (κ1) is 14.6.